The Morgan fingerprint density at radius 2 is 2.00 bits per heavy atom. The van der Waals surface area contributed by atoms with E-state index in [0.29, 0.717) is 0 Å². The summed E-state index contributed by atoms with van der Waals surface area (Å²) in [5, 5.41) is 2.77. The van der Waals surface area contributed by atoms with Crippen LogP contribution in [0.2, 0.25) is 0 Å². The first kappa shape index (κ1) is 16.3. The van der Waals surface area contributed by atoms with Crippen LogP contribution in [0.15, 0.2) is 18.2 Å². The number of hydrogen-bond acceptors (Lipinski definition) is 4. The summed E-state index contributed by atoms with van der Waals surface area (Å²) in [5.74, 6) is -1.28. The van der Waals surface area contributed by atoms with Crippen molar-refractivity contribution >= 4 is 12.1 Å². The van der Waals surface area contributed by atoms with Crippen molar-refractivity contribution in [2.75, 3.05) is 7.11 Å². The van der Waals surface area contributed by atoms with Gasteiger partial charge in [-0.15, -0.1) is 0 Å². The fraction of sp³-hybridized carbons (Fsp3) is 0.500. The zero-order chi connectivity index (χ0) is 16.5. The largest absolute Gasteiger partial charge is 0.465 e. The maximum atomic E-state index is 13.6. The van der Waals surface area contributed by atoms with E-state index in [9.17, 15) is 14.0 Å². The number of rotatable bonds is 3. The first-order chi connectivity index (χ1) is 10.2. The highest BCUT2D eigenvalue weighted by molar-refractivity contribution is 5.89. The minimum absolute atomic E-state index is 0.0523. The van der Waals surface area contributed by atoms with E-state index >= 15 is 0 Å². The molecule has 2 atom stereocenters. The van der Waals surface area contributed by atoms with Crippen LogP contribution < -0.4 is 5.32 Å². The van der Waals surface area contributed by atoms with Gasteiger partial charge in [0.25, 0.3) is 0 Å². The molecule has 0 aromatic heterocycles. The summed E-state index contributed by atoms with van der Waals surface area (Å²) in [5.41, 5.74) is 0.147. The number of carbonyl (C=O) groups excluding carboxylic acids is 2. The molecule has 1 aromatic rings. The van der Waals surface area contributed by atoms with Crippen LogP contribution in [-0.2, 0) is 9.47 Å². The van der Waals surface area contributed by atoms with Gasteiger partial charge < -0.3 is 14.8 Å². The van der Waals surface area contributed by atoms with E-state index in [2.05, 4.69) is 10.1 Å². The van der Waals surface area contributed by atoms with Gasteiger partial charge in [-0.05, 0) is 44.9 Å². The molecule has 1 amide bonds. The monoisotopic (exact) mass is 309 g/mol. The van der Waals surface area contributed by atoms with Crippen LogP contribution in [0.3, 0.4) is 0 Å². The number of methoxy groups -OCH3 is 1. The molecule has 22 heavy (non-hydrogen) atoms. The van der Waals surface area contributed by atoms with Gasteiger partial charge in [0.05, 0.1) is 12.7 Å². The minimum atomic E-state index is -0.711. The number of esters is 1. The van der Waals surface area contributed by atoms with Crippen molar-refractivity contribution in [1.82, 2.24) is 5.32 Å². The smallest absolute Gasteiger partial charge is 0.407 e. The lowest BCUT2D eigenvalue weighted by molar-refractivity contribution is 0.0521. The highest BCUT2D eigenvalue weighted by Crippen LogP contribution is 2.41. The summed E-state index contributed by atoms with van der Waals surface area (Å²) in [6, 6.07) is 4.27. The molecule has 1 aliphatic rings. The normalized spacial score (nSPS) is 20.2. The standard InChI is InChI=1S/C16H20FNO4/c1-16(2,3)22-15(20)18-13-8-10(13)9-5-6-12(17)11(7-9)14(19)21-4/h5-7,10,13H,8H2,1-4H3,(H,18,20)/t10-,13+/m0/s1. The van der Waals surface area contributed by atoms with Gasteiger partial charge in [-0.1, -0.05) is 6.07 Å². The van der Waals surface area contributed by atoms with Gasteiger partial charge in [0.1, 0.15) is 11.4 Å². The van der Waals surface area contributed by atoms with Crippen molar-refractivity contribution in [1.29, 1.82) is 0 Å². The summed E-state index contributed by atoms with van der Waals surface area (Å²) in [6.07, 6.45) is 0.251. The second-order valence-electron chi connectivity index (χ2n) is 6.33. The van der Waals surface area contributed by atoms with Crippen molar-refractivity contribution in [3.05, 3.63) is 35.1 Å². The number of alkyl carbamates (subject to hydrolysis) is 1. The maximum absolute atomic E-state index is 13.6. The number of hydrogen-bond donors (Lipinski definition) is 1. The number of halogens is 1. The molecule has 2 rings (SSSR count). The second-order valence-corrected chi connectivity index (χ2v) is 6.33. The Hall–Kier alpha value is -2.11. The highest BCUT2D eigenvalue weighted by atomic mass is 19.1. The number of ether oxygens (including phenoxy) is 2. The highest BCUT2D eigenvalue weighted by Gasteiger charge is 2.40. The summed E-state index contributed by atoms with van der Waals surface area (Å²) >= 11 is 0. The van der Waals surface area contributed by atoms with Crippen molar-refractivity contribution in [3.63, 3.8) is 0 Å². The van der Waals surface area contributed by atoms with Crippen LogP contribution in [-0.4, -0.2) is 30.8 Å². The topological polar surface area (TPSA) is 64.6 Å². The minimum Gasteiger partial charge on any atom is -0.465 e. The Morgan fingerprint density at radius 1 is 1.32 bits per heavy atom. The lowest BCUT2D eigenvalue weighted by Crippen LogP contribution is -2.34. The molecule has 1 aromatic carbocycles. The third kappa shape index (κ3) is 3.96. The molecular formula is C16H20FNO4. The molecule has 0 saturated heterocycles. The maximum Gasteiger partial charge on any atom is 0.407 e. The zero-order valence-corrected chi connectivity index (χ0v) is 13.1. The van der Waals surface area contributed by atoms with Crippen molar-refractivity contribution in [3.8, 4) is 0 Å². The molecule has 1 saturated carbocycles. The molecule has 0 spiro atoms. The first-order valence-electron chi connectivity index (χ1n) is 7.08. The molecule has 6 heteroatoms. The predicted octanol–water partition coefficient (Wildman–Crippen LogP) is 2.99. The van der Waals surface area contributed by atoms with E-state index in [4.69, 9.17) is 4.74 Å². The molecule has 0 aliphatic heterocycles. The lowest BCUT2D eigenvalue weighted by atomic mass is 10.1. The van der Waals surface area contributed by atoms with Gasteiger partial charge in [-0.25, -0.2) is 14.0 Å². The zero-order valence-electron chi connectivity index (χ0n) is 13.1. The van der Waals surface area contributed by atoms with Gasteiger partial charge in [-0.2, -0.15) is 0 Å². The quantitative estimate of drug-likeness (QED) is 0.872. The van der Waals surface area contributed by atoms with E-state index < -0.39 is 23.5 Å². The molecule has 120 valence electrons. The number of benzene rings is 1. The van der Waals surface area contributed by atoms with Crippen LogP contribution in [0.4, 0.5) is 9.18 Å². The molecule has 0 bridgehead atoms. The van der Waals surface area contributed by atoms with Crippen LogP contribution in [0.25, 0.3) is 0 Å². The summed E-state index contributed by atoms with van der Waals surface area (Å²) < 4.78 is 23.3. The predicted molar refractivity (Wildman–Crippen MR) is 78.3 cm³/mol. The fourth-order valence-electron chi connectivity index (χ4n) is 2.22. The fourth-order valence-corrected chi connectivity index (χ4v) is 2.22. The Bertz CT molecular complexity index is 594. The SMILES string of the molecule is COC(=O)c1cc([C@@H]2C[C@H]2NC(=O)OC(C)(C)C)ccc1F. The van der Waals surface area contributed by atoms with Crippen molar-refractivity contribution < 1.29 is 23.5 Å². The molecule has 5 nitrogen and oxygen atoms in total. The molecule has 1 fully saturated rings. The van der Waals surface area contributed by atoms with Crippen LogP contribution in [0.5, 0.6) is 0 Å². The van der Waals surface area contributed by atoms with Crippen LogP contribution in [0, 0.1) is 5.82 Å². The van der Waals surface area contributed by atoms with Gasteiger partial charge in [0.2, 0.25) is 0 Å². The molecule has 0 unspecified atom stereocenters. The first-order valence-corrected chi connectivity index (χ1v) is 7.08. The third-order valence-corrected chi connectivity index (χ3v) is 3.32. The Labute approximate surface area is 128 Å². The Kier molecular flexibility index (Phi) is 4.39. The Morgan fingerprint density at radius 3 is 2.59 bits per heavy atom. The van der Waals surface area contributed by atoms with E-state index in [1.54, 1.807) is 26.8 Å². The summed E-state index contributed by atoms with van der Waals surface area (Å²) in [6.45, 7) is 5.37. The van der Waals surface area contributed by atoms with E-state index in [-0.39, 0.29) is 17.5 Å². The van der Waals surface area contributed by atoms with E-state index in [1.807, 2.05) is 0 Å². The molecular weight excluding hydrogens is 289 g/mol. The number of nitrogens with one attached hydrogen (secondary N) is 1. The van der Waals surface area contributed by atoms with Gasteiger partial charge >= 0.3 is 12.1 Å². The van der Waals surface area contributed by atoms with Crippen LogP contribution >= 0.6 is 0 Å². The number of carbonyl (C=O) groups is 2. The molecule has 0 radical (unpaired) electrons. The lowest BCUT2D eigenvalue weighted by Gasteiger charge is -2.19. The molecule has 1 N–H and O–H groups in total. The van der Waals surface area contributed by atoms with Crippen molar-refractivity contribution in [2.45, 2.75) is 44.8 Å². The average molecular weight is 309 g/mol. The summed E-state index contributed by atoms with van der Waals surface area (Å²) in [7, 11) is 1.21. The average Bonchev–Trinajstić information content (AvgIpc) is 3.15. The third-order valence-electron chi connectivity index (χ3n) is 3.32. The second kappa shape index (κ2) is 5.94. The van der Waals surface area contributed by atoms with Gasteiger partial charge in [0, 0.05) is 12.0 Å². The molecule has 0 heterocycles. The molecule has 1 aliphatic carbocycles. The van der Waals surface area contributed by atoms with Gasteiger partial charge in [0.15, 0.2) is 0 Å². The summed E-state index contributed by atoms with van der Waals surface area (Å²) in [4.78, 5) is 23.2. The Balaban J connectivity index is 2.01. The van der Waals surface area contributed by atoms with E-state index in [1.165, 1.54) is 19.2 Å². The van der Waals surface area contributed by atoms with Crippen molar-refractivity contribution in [2.24, 2.45) is 0 Å². The van der Waals surface area contributed by atoms with E-state index in [0.717, 1.165) is 12.0 Å². The van der Waals surface area contributed by atoms with Crippen LogP contribution in [0.1, 0.15) is 49.0 Å². The number of amides is 1. The van der Waals surface area contributed by atoms with Gasteiger partial charge in [-0.3, -0.25) is 0 Å².